The number of allylic oxidation sites excluding steroid dienone is 3. The Morgan fingerprint density at radius 2 is 2.00 bits per heavy atom. The predicted octanol–water partition coefficient (Wildman–Crippen LogP) is 6.86. The molecule has 0 saturated carbocycles. The molecule has 0 amide bonds. The van der Waals surface area contributed by atoms with E-state index in [4.69, 9.17) is 4.42 Å². The van der Waals surface area contributed by atoms with Gasteiger partial charge in [-0.1, -0.05) is 56.4 Å². The summed E-state index contributed by atoms with van der Waals surface area (Å²) >= 11 is 1.80. The van der Waals surface area contributed by atoms with Crippen LogP contribution in [0.4, 0.5) is 0 Å². The Balaban J connectivity index is 0.000000872. The molecule has 1 aromatic carbocycles. The molecule has 0 radical (unpaired) electrons. The van der Waals surface area contributed by atoms with Gasteiger partial charge < -0.3 is 4.42 Å². The number of rotatable bonds is 3. The van der Waals surface area contributed by atoms with Crippen LogP contribution in [-0.4, -0.2) is 14.2 Å². The van der Waals surface area contributed by atoms with Gasteiger partial charge in [-0.15, -0.1) is 0 Å². The Morgan fingerprint density at radius 1 is 1.11 bits per heavy atom. The maximum atomic E-state index is 6.06. The van der Waals surface area contributed by atoms with Crippen molar-refractivity contribution in [2.45, 2.75) is 25.5 Å². The molecule has 0 saturated heterocycles. The van der Waals surface area contributed by atoms with Crippen LogP contribution in [0, 0.1) is 0 Å². The van der Waals surface area contributed by atoms with E-state index in [0.717, 1.165) is 39.7 Å². The second kappa shape index (κ2) is 7.89. The van der Waals surface area contributed by atoms with E-state index < -0.39 is 0 Å². The average molecular weight is 375 g/mol. The third-order valence-electron chi connectivity index (χ3n) is 4.44. The van der Waals surface area contributed by atoms with E-state index in [1.54, 1.807) is 11.9 Å². The number of fused-ring (bicyclic) bond motifs is 2. The number of hydrogen-bond acceptors (Lipinski definition) is 3. The summed E-state index contributed by atoms with van der Waals surface area (Å²) in [7, 11) is 0. The number of nitrogens with zero attached hydrogens (tertiary/aromatic N) is 2. The summed E-state index contributed by atoms with van der Waals surface area (Å²) in [6.45, 7) is 4.00. The minimum absolute atomic E-state index is 0.442. The number of furan rings is 1. The van der Waals surface area contributed by atoms with Crippen LogP contribution in [0.3, 0.4) is 0 Å². The van der Waals surface area contributed by atoms with Crippen LogP contribution in [0.25, 0.3) is 33.3 Å². The molecule has 3 nitrogen and oxygen atoms in total. The molecule has 27 heavy (non-hydrogen) atoms. The van der Waals surface area contributed by atoms with E-state index in [2.05, 4.69) is 57.7 Å². The zero-order valence-corrected chi connectivity index (χ0v) is 16.3. The molecular formula is C23H22N2OS. The molecule has 1 atom stereocenters. The summed E-state index contributed by atoms with van der Waals surface area (Å²) in [4.78, 5) is 4.61. The lowest BCUT2D eigenvalue weighted by atomic mass is 10.1. The summed E-state index contributed by atoms with van der Waals surface area (Å²) in [5.41, 5.74) is 2.97. The summed E-state index contributed by atoms with van der Waals surface area (Å²) in [6, 6.07) is 14.4. The van der Waals surface area contributed by atoms with Gasteiger partial charge in [-0.2, -0.15) is 0 Å². The Hall–Kier alpha value is -2.72. The molecule has 0 bridgehead atoms. The average Bonchev–Trinajstić information content (AvgIpc) is 3.34. The van der Waals surface area contributed by atoms with E-state index >= 15 is 0 Å². The largest absolute Gasteiger partial charge is 0.456 e. The summed E-state index contributed by atoms with van der Waals surface area (Å²) in [5, 5.41) is 2.68. The van der Waals surface area contributed by atoms with Crippen molar-refractivity contribution in [3.8, 4) is 11.3 Å². The molecular weight excluding hydrogens is 352 g/mol. The number of benzene rings is 1. The molecule has 1 aliphatic carbocycles. The third kappa shape index (κ3) is 3.45. The van der Waals surface area contributed by atoms with E-state index in [0.29, 0.717) is 5.25 Å². The first kappa shape index (κ1) is 17.7. The van der Waals surface area contributed by atoms with E-state index in [1.807, 2.05) is 44.3 Å². The molecule has 1 aliphatic rings. The normalized spacial score (nSPS) is 15.9. The van der Waals surface area contributed by atoms with Gasteiger partial charge in [0.1, 0.15) is 11.3 Å². The maximum absolute atomic E-state index is 6.06. The van der Waals surface area contributed by atoms with Gasteiger partial charge in [0.05, 0.1) is 0 Å². The number of hydrogen-bond donors (Lipinski definition) is 0. The van der Waals surface area contributed by atoms with Gasteiger partial charge in [0, 0.05) is 34.0 Å². The third-order valence-corrected chi connectivity index (χ3v) is 5.58. The van der Waals surface area contributed by atoms with Gasteiger partial charge in [0.2, 0.25) is 0 Å². The summed E-state index contributed by atoms with van der Waals surface area (Å²) < 4.78 is 8.22. The van der Waals surface area contributed by atoms with Crippen molar-refractivity contribution < 1.29 is 4.42 Å². The molecule has 0 fully saturated rings. The van der Waals surface area contributed by atoms with Crippen LogP contribution in [0.15, 0.2) is 83.6 Å². The second-order valence-corrected chi connectivity index (χ2v) is 7.29. The van der Waals surface area contributed by atoms with Crippen molar-refractivity contribution in [3.63, 3.8) is 0 Å². The first-order chi connectivity index (χ1) is 13.4. The van der Waals surface area contributed by atoms with E-state index in [9.17, 15) is 0 Å². The van der Waals surface area contributed by atoms with Crippen LogP contribution in [0.1, 0.15) is 20.3 Å². The zero-order chi connectivity index (χ0) is 18.6. The van der Waals surface area contributed by atoms with E-state index in [1.165, 1.54) is 0 Å². The van der Waals surface area contributed by atoms with Gasteiger partial charge in [-0.05, 0) is 42.6 Å². The smallest absolute Gasteiger partial charge is 0.150 e. The van der Waals surface area contributed by atoms with Gasteiger partial charge in [-0.25, -0.2) is 4.98 Å². The fourth-order valence-electron chi connectivity index (χ4n) is 3.21. The van der Waals surface area contributed by atoms with Crippen LogP contribution in [-0.2, 0) is 0 Å². The van der Waals surface area contributed by atoms with Gasteiger partial charge in [0.25, 0.3) is 0 Å². The van der Waals surface area contributed by atoms with Gasteiger partial charge in [0.15, 0.2) is 5.65 Å². The first-order valence-electron chi connectivity index (χ1n) is 9.34. The molecule has 3 heterocycles. The first-order valence-corrected chi connectivity index (χ1v) is 10.2. The van der Waals surface area contributed by atoms with Gasteiger partial charge in [-0.3, -0.25) is 3.97 Å². The highest BCUT2D eigenvalue weighted by Gasteiger charge is 2.15. The minimum Gasteiger partial charge on any atom is -0.456 e. The standard InChI is InChI=1S/C21H16N2OS.C2H6/c1-2-7-16(8-3-1)25-23-13-11-18-17(10-12-22-21(18)23)20-14-15-6-4-5-9-19(15)24-20;1-2/h1-7,9-14,16H,8H2;1-2H3. The Labute approximate surface area is 163 Å². The molecule has 4 aromatic rings. The van der Waals surface area contributed by atoms with Crippen molar-refractivity contribution in [1.82, 2.24) is 8.96 Å². The minimum atomic E-state index is 0.442. The summed E-state index contributed by atoms with van der Waals surface area (Å²) in [6.07, 6.45) is 13.7. The number of para-hydroxylation sites is 1. The lowest BCUT2D eigenvalue weighted by Gasteiger charge is -2.13. The topological polar surface area (TPSA) is 31.0 Å². The molecule has 136 valence electrons. The van der Waals surface area contributed by atoms with Crippen LogP contribution in [0.2, 0.25) is 0 Å². The maximum Gasteiger partial charge on any atom is 0.150 e. The van der Waals surface area contributed by atoms with Crippen molar-refractivity contribution in [2.75, 3.05) is 0 Å². The molecule has 0 aliphatic heterocycles. The Morgan fingerprint density at radius 3 is 2.81 bits per heavy atom. The van der Waals surface area contributed by atoms with Crippen molar-refractivity contribution in [2.24, 2.45) is 0 Å². The molecule has 0 spiro atoms. The number of pyridine rings is 1. The highest BCUT2D eigenvalue weighted by atomic mass is 32.2. The predicted molar refractivity (Wildman–Crippen MR) is 116 cm³/mol. The quantitative estimate of drug-likeness (QED) is 0.392. The van der Waals surface area contributed by atoms with Crippen LogP contribution < -0.4 is 0 Å². The van der Waals surface area contributed by atoms with Crippen molar-refractivity contribution >= 4 is 34.0 Å². The lowest BCUT2D eigenvalue weighted by molar-refractivity contribution is 0.632. The fraction of sp³-hybridized carbons (Fsp3) is 0.174. The van der Waals surface area contributed by atoms with E-state index in [-0.39, 0.29) is 0 Å². The fourth-order valence-corrected chi connectivity index (χ4v) is 4.24. The highest BCUT2D eigenvalue weighted by Crippen LogP contribution is 2.34. The van der Waals surface area contributed by atoms with Crippen molar-refractivity contribution in [1.29, 1.82) is 0 Å². The molecule has 3 aromatic heterocycles. The van der Waals surface area contributed by atoms with Crippen LogP contribution >= 0.6 is 11.9 Å². The Kier molecular flexibility index (Phi) is 5.16. The molecule has 5 rings (SSSR count). The highest BCUT2D eigenvalue weighted by molar-refractivity contribution is 7.98. The lowest BCUT2D eigenvalue weighted by Crippen LogP contribution is -2.02. The molecule has 0 N–H and O–H groups in total. The number of aromatic nitrogens is 2. The molecule has 4 heteroatoms. The second-order valence-electron chi connectivity index (χ2n) is 6.08. The summed E-state index contributed by atoms with van der Waals surface area (Å²) in [5.74, 6) is 0.886. The Bertz CT molecular complexity index is 1090. The monoisotopic (exact) mass is 374 g/mol. The van der Waals surface area contributed by atoms with Crippen molar-refractivity contribution in [3.05, 3.63) is 79.2 Å². The molecule has 1 unspecified atom stereocenters. The van der Waals surface area contributed by atoms with Gasteiger partial charge >= 0.3 is 0 Å². The zero-order valence-electron chi connectivity index (χ0n) is 15.5. The van der Waals surface area contributed by atoms with Crippen LogP contribution in [0.5, 0.6) is 0 Å². The SMILES string of the molecule is C1=CCC(Sn2ccc3c(-c4cc5ccccc5o4)ccnc32)C=C1.CC.